The molecule has 1 heteroatoms. The van der Waals surface area contributed by atoms with Gasteiger partial charge in [0.2, 0.25) is 0 Å². The monoisotopic (exact) mass is 182 g/mol. The second-order valence-corrected chi connectivity index (χ2v) is 3.25. The SMILES string of the molecule is C=CCC(CC=C)OCCCCC. The first-order valence-corrected chi connectivity index (χ1v) is 5.18. The van der Waals surface area contributed by atoms with Gasteiger partial charge in [-0.1, -0.05) is 31.9 Å². The summed E-state index contributed by atoms with van der Waals surface area (Å²) in [6.07, 6.45) is 9.65. The largest absolute Gasteiger partial charge is 0.378 e. The van der Waals surface area contributed by atoms with Crippen molar-refractivity contribution < 1.29 is 4.74 Å². The lowest BCUT2D eigenvalue weighted by Gasteiger charge is -2.13. The summed E-state index contributed by atoms with van der Waals surface area (Å²) in [5.74, 6) is 0. The van der Waals surface area contributed by atoms with Gasteiger partial charge in [0.15, 0.2) is 0 Å². The molecule has 0 aliphatic heterocycles. The van der Waals surface area contributed by atoms with E-state index in [1.807, 2.05) is 12.2 Å². The standard InChI is InChI=1S/C12H22O/c1-4-7-8-11-13-12(9-5-2)10-6-3/h5-6,12H,2-4,7-11H2,1H3. The molecule has 0 heterocycles. The molecule has 0 unspecified atom stereocenters. The molecule has 0 rings (SSSR count). The zero-order valence-corrected chi connectivity index (χ0v) is 8.80. The lowest BCUT2D eigenvalue weighted by Crippen LogP contribution is -2.11. The van der Waals surface area contributed by atoms with Gasteiger partial charge in [0.1, 0.15) is 0 Å². The molecule has 76 valence electrons. The molecule has 0 aromatic heterocycles. The van der Waals surface area contributed by atoms with Crippen molar-refractivity contribution in [1.82, 2.24) is 0 Å². The fraction of sp³-hybridized carbons (Fsp3) is 0.667. The summed E-state index contributed by atoms with van der Waals surface area (Å²) in [7, 11) is 0. The van der Waals surface area contributed by atoms with Gasteiger partial charge < -0.3 is 4.74 Å². The molecule has 0 atom stereocenters. The number of rotatable bonds is 9. The van der Waals surface area contributed by atoms with Crippen LogP contribution in [0.5, 0.6) is 0 Å². The highest BCUT2D eigenvalue weighted by molar-refractivity contribution is 4.80. The summed E-state index contributed by atoms with van der Waals surface area (Å²) in [6, 6.07) is 0. The molecular weight excluding hydrogens is 160 g/mol. The molecule has 0 saturated heterocycles. The predicted octanol–water partition coefficient (Wildman–Crippen LogP) is 3.71. The minimum absolute atomic E-state index is 0.298. The van der Waals surface area contributed by atoms with Crippen LogP contribution in [-0.4, -0.2) is 12.7 Å². The van der Waals surface area contributed by atoms with Crippen molar-refractivity contribution in [1.29, 1.82) is 0 Å². The molecule has 0 aromatic carbocycles. The third-order valence-corrected chi connectivity index (χ3v) is 1.96. The third kappa shape index (κ3) is 7.79. The molecule has 0 fully saturated rings. The number of ether oxygens (including phenoxy) is 1. The average molecular weight is 182 g/mol. The van der Waals surface area contributed by atoms with E-state index in [1.54, 1.807) is 0 Å². The van der Waals surface area contributed by atoms with Gasteiger partial charge in [-0.2, -0.15) is 0 Å². The Kier molecular flexibility index (Phi) is 9.12. The van der Waals surface area contributed by atoms with Crippen molar-refractivity contribution in [2.45, 2.75) is 45.1 Å². The minimum atomic E-state index is 0.298. The molecule has 0 amide bonds. The molecule has 13 heavy (non-hydrogen) atoms. The smallest absolute Gasteiger partial charge is 0.0643 e. The number of hydrogen-bond acceptors (Lipinski definition) is 1. The zero-order valence-electron chi connectivity index (χ0n) is 8.80. The number of unbranched alkanes of at least 4 members (excludes halogenated alkanes) is 2. The highest BCUT2D eigenvalue weighted by Gasteiger charge is 2.03. The Hall–Kier alpha value is -0.560. The third-order valence-electron chi connectivity index (χ3n) is 1.96. The topological polar surface area (TPSA) is 9.23 Å². The fourth-order valence-corrected chi connectivity index (χ4v) is 1.21. The van der Waals surface area contributed by atoms with E-state index in [0.29, 0.717) is 6.10 Å². The molecule has 0 radical (unpaired) electrons. The van der Waals surface area contributed by atoms with E-state index < -0.39 is 0 Å². The van der Waals surface area contributed by atoms with Crippen LogP contribution < -0.4 is 0 Å². The van der Waals surface area contributed by atoms with E-state index in [1.165, 1.54) is 19.3 Å². The van der Waals surface area contributed by atoms with Crippen molar-refractivity contribution in [2.24, 2.45) is 0 Å². The van der Waals surface area contributed by atoms with E-state index in [4.69, 9.17) is 4.74 Å². The second kappa shape index (κ2) is 9.53. The summed E-state index contributed by atoms with van der Waals surface area (Å²) in [5.41, 5.74) is 0. The zero-order chi connectivity index (χ0) is 9.94. The molecule has 0 saturated carbocycles. The van der Waals surface area contributed by atoms with E-state index >= 15 is 0 Å². The Morgan fingerprint density at radius 1 is 1.15 bits per heavy atom. The minimum Gasteiger partial charge on any atom is -0.378 e. The molecule has 0 aromatic rings. The Labute approximate surface area is 82.5 Å². The van der Waals surface area contributed by atoms with Crippen LogP contribution in [-0.2, 0) is 4.74 Å². The summed E-state index contributed by atoms with van der Waals surface area (Å²) >= 11 is 0. The highest BCUT2D eigenvalue weighted by atomic mass is 16.5. The van der Waals surface area contributed by atoms with Gasteiger partial charge in [-0.05, 0) is 19.3 Å². The van der Waals surface area contributed by atoms with Crippen LogP contribution in [0, 0.1) is 0 Å². The van der Waals surface area contributed by atoms with Crippen molar-refractivity contribution in [3.8, 4) is 0 Å². The van der Waals surface area contributed by atoms with Gasteiger partial charge >= 0.3 is 0 Å². The average Bonchev–Trinajstić information content (AvgIpc) is 2.13. The van der Waals surface area contributed by atoms with Crippen molar-refractivity contribution in [2.75, 3.05) is 6.61 Å². The van der Waals surface area contributed by atoms with Crippen LogP contribution >= 0.6 is 0 Å². The summed E-state index contributed by atoms with van der Waals surface area (Å²) in [4.78, 5) is 0. The number of hydrogen-bond donors (Lipinski definition) is 0. The van der Waals surface area contributed by atoms with Gasteiger partial charge in [-0.25, -0.2) is 0 Å². The van der Waals surface area contributed by atoms with Crippen LogP contribution in [0.15, 0.2) is 25.3 Å². The summed E-state index contributed by atoms with van der Waals surface area (Å²) in [6.45, 7) is 10.5. The highest BCUT2D eigenvalue weighted by Crippen LogP contribution is 2.06. The Morgan fingerprint density at radius 3 is 2.23 bits per heavy atom. The van der Waals surface area contributed by atoms with Gasteiger partial charge in [0.25, 0.3) is 0 Å². The van der Waals surface area contributed by atoms with Crippen LogP contribution in [0.1, 0.15) is 39.0 Å². The van der Waals surface area contributed by atoms with E-state index in [9.17, 15) is 0 Å². The molecule has 0 bridgehead atoms. The van der Waals surface area contributed by atoms with Gasteiger partial charge in [0, 0.05) is 6.61 Å². The van der Waals surface area contributed by atoms with Crippen LogP contribution in [0.2, 0.25) is 0 Å². The Bertz CT molecular complexity index is 119. The van der Waals surface area contributed by atoms with Crippen molar-refractivity contribution in [3.05, 3.63) is 25.3 Å². The van der Waals surface area contributed by atoms with Gasteiger partial charge in [0.05, 0.1) is 6.10 Å². The van der Waals surface area contributed by atoms with Crippen LogP contribution in [0.3, 0.4) is 0 Å². The van der Waals surface area contributed by atoms with E-state index in [-0.39, 0.29) is 0 Å². The van der Waals surface area contributed by atoms with Crippen molar-refractivity contribution >= 4 is 0 Å². The predicted molar refractivity (Wildman–Crippen MR) is 58.9 cm³/mol. The molecule has 0 aliphatic rings. The van der Waals surface area contributed by atoms with Crippen LogP contribution in [0.25, 0.3) is 0 Å². The first-order chi connectivity index (χ1) is 6.35. The Balaban J connectivity index is 3.43. The maximum Gasteiger partial charge on any atom is 0.0643 e. The Morgan fingerprint density at radius 2 is 1.77 bits per heavy atom. The normalized spacial score (nSPS) is 10.3. The first kappa shape index (κ1) is 12.4. The van der Waals surface area contributed by atoms with Gasteiger partial charge in [-0.3, -0.25) is 0 Å². The van der Waals surface area contributed by atoms with E-state index in [0.717, 1.165) is 19.4 Å². The fourth-order valence-electron chi connectivity index (χ4n) is 1.21. The van der Waals surface area contributed by atoms with Crippen molar-refractivity contribution in [3.63, 3.8) is 0 Å². The summed E-state index contributed by atoms with van der Waals surface area (Å²) in [5, 5.41) is 0. The van der Waals surface area contributed by atoms with Gasteiger partial charge in [-0.15, -0.1) is 13.2 Å². The molecule has 0 N–H and O–H groups in total. The quantitative estimate of drug-likeness (QED) is 0.390. The first-order valence-electron chi connectivity index (χ1n) is 5.18. The second-order valence-electron chi connectivity index (χ2n) is 3.25. The maximum absolute atomic E-state index is 5.68. The summed E-state index contributed by atoms with van der Waals surface area (Å²) < 4.78 is 5.68. The molecular formula is C12H22O. The molecule has 1 nitrogen and oxygen atoms in total. The molecule has 0 spiro atoms. The van der Waals surface area contributed by atoms with Crippen LogP contribution in [0.4, 0.5) is 0 Å². The maximum atomic E-state index is 5.68. The lowest BCUT2D eigenvalue weighted by atomic mass is 10.2. The lowest BCUT2D eigenvalue weighted by molar-refractivity contribution is 0.0549. The van der Waals surface area contributed by atoms with E-state index in [2.05, 4.69) is 20.1 Å². The molecule has 0 aliphatic carbocycles.